The summed E-state index contributed by atoms with van der Waals surface area (Å²) < 4.78 is 5.01. The molecule has 2 rings (SSSR count). The van der Waals surface area contributed by atoms with Gasteiger partial charge in [0.2, 0.25) is 0 Å². The van der Waals surface area contributed by atoms with Crippen LogP contribution in [-0.2, 0) is 4.79 Å². The average Bonchev–Trinajstić information content (AvgIpc) is 2.98. The van der Waals surface area contributed by atoms with Gasteiger partial charge in [-0.1, -0.05) is 29.8 Å². The van der Waals surface area contributed by atoms with Crippen LogP contribution in [0, 0.1) is 0 Å². The molecule has 0 spiro atoms. The van der Waals surface area contributed by atoms with Gasteiger partial charge in [-0.25, -0.2) is 0 Å². The van der Waals surface area contributed by atoms with Crippen molar-refractivity contribution in [1.29, 1.82) is 0 Å². The minimum absolute atomic E-state index is 0.0616. The fourth-order valence-corrected chi connectivity index (χ4v) is 1.95. The van der Waals surface area contributed by atoms with E-state index >= 15 is 0 Å². The van der Waals surface area contributed by atoms with E-state index in [0.29, 0.717) is 16.3 Å². The first-order valence-corrected chi connectivity index (χ1v) is 6.39. The summed E-state index contributed by atoms with van der Waals surface area (Å²) in [6.45, 7) is -0.0616. The molecule has 0 radical (unpaired) electrons. The maximum absolute atomic E-state index is 11.8. The van der Waals surface area contributed by atoms with Gasteiger partial charge in [0, 0.05) is 10.6 Å². The zero-order valence-corrected chi connectivity index (χ0v) is 11.2. The molecule has 0 aliphatic rings. The summed E-state index contributed by atoms with van der Waals surface area (Å²) in [7, 11) is 0. The molecule has 3 N–H and O–H groups in total. The topological polar surface area (TPSA) is 82.7 Å². The van der Waals surface area contributed by atoms with Gasteiger partial charge in [0.05, 0.1) is 12.8 Å². The van der Waals surface area contributed by atoms with Gasteiger partial charge in [-0.05, 0) is 18.2 Å². The van der Waals surface area contributed by atoms with Crippen LogP contribution in [-0.4, -0.2) is 22.7 Å². The summed E-state index contributed by atoms with van der Waals surface area (Å²) in [5.41, 5.74) is 0.319. The van der Waals surface area contributed by atoms with E-state index in [1.54, 1.807) is 36.4 Å². The third kappa shape index (κ3) is 3.39. The molecule has 1 heterocycles. The molecule has 0 aliphatic heterocycles. The van der Waals surface area contributed by atoms with Crippen LogP contribution in [0.15, 0.2) is 47.1 Å². The molecule has 1 unspecified atom stereocenters. The van der Waals surface area contributed by atoms with Gasteiger partial charge in [-0.15, -0.1) is 0 Å². The average molecular weight is 296 g/mol. The van der Waals surface area contributed by atoms with Crippen molar-refractivity contribution in [2.24, 2.45) is 0 Å². The summed E-state index contributed by atoms with van der Waals surface area (Å²) in [6, 6.07) is 9.77. The number of benzene rings is 1. The van der Waals surface area contributed by atoms with Crippen molar-refractivity contribution in [2.75, 3.05) is 6.54 Å². The number of aliphatic hydroxyl groups excluding tert-OH is 2. The van der Waals surface area contributed by atoms with E-state index < -0.39 is 18.1 Å². The Kier molecular flexibility index (Phi) is 4.79. The Morgan fingerprint density at radius 3 is 2.65 bits per heavy atom. The number of carbonyl (C=O) groups excluding carboxylic acids is 1. The van der Waals surface area contributed by atoms with Gasteiger partial charge in [-0.3, -0.25) is 4.79 Å². The molecule has 5 nitrogen and oxygen atoms in total. The standard InChI is InChI=1S/C14H14ClNO4/c15-10-5-2-1-4-9(10)13(18)14(19)16-8-11(17)12-6-3-7-20-12/h1-7,11,13,17-18H,8H2,(H,16,19)/t11?,13-/m1/s1. The highest BCUT2D eigenvalue weighted by Gasteiger charge is 2.21. The molecule has 1 aromatic carbocycles. The van der Waals surface area contributed by atoms with E-state index in [0.717, 1.165) is 0 Å². The molecule has 0 saturated heterocycles. The van der Waals surface area contributed by atoms with Crippen molar-refractivity contribution in [1.82, 2.24) is 5.32 Å². The summed E-state index contributed by atoms with van der Waals surface area (Å²) in [5.74, 6) is -0.291. The van der Waals surface area contributed by atoms with Crippen LogP contribution in [0.25, 0.3) is 0 Å². The van der Waals surface area contributed by atoms with Gasteiger partial charge in [-0.2, -0.15) is 0 Å². The van der Waals surface area contributed by atoms with Gasteiger partial charge in [0.15, 0.2) is 6.10 Å². The smallest absolute Gasteiger partial charge is 0.253 e. The third-order valence-electron chi connectivity index (χ3n) is 2.79. The van der Waals surface area contributed by atoms with Gasteiger partial charge in [0.25, 0.3) is 5.91 Å². The van der Waals surface area contributed by atoms with E-state index in [1.807, 2.05) is 0 Å². The minimum Gasteiger partial charge on any atom is -0.467 e. The Hall–Kier alpha value is -1.82. The summed E-state index contributed by atoms with van der Waals surface area (Å²) in [6.07, 6.45) is -0.918. The second-order valence-electron chi connectivity index (χ2n) is 4.20. The molecule has 106 valence electrons. The number of carbonyl (C=O) groups is 1. The first kappa shape index (κ1) is 14.6. The molecule has 1 amide bonds. The van der Waals surface area contributed by atoms with Crippen LogP contribution >= 0.6 is 11.6 Å². The number of furan rings is 1. The van der Waals surface area contributed by atoms with E-state index in [4.69, 9.17) is 16.0 Å². The number of hydrogen-bond donors (Lipinski definition) is 3. The first-order valence-electron chi connectivity index (χ1n) is 6.01. The van der Waals surface area contributed by atoms with Crippen LogP contribution in [0.2, 0.25) is 5.02 Å². The highest BCUT2D eigenvalue weighted by molar-refractivity contribution is 6.31. The second-order valence-corrected chi connectivity index (χ2v) is 4.61. The zero-order valence-electron chi connectivity index (χ0n) is 10.5. The lowest BCUT2D eigenvalue weighted by Gasteiger charge is -2.14. The number of halogens is 1. The zero-order chi connectivity index (χ0) is 14.5. The number of amides is 1. The number of rotatable bonds is 5. The summed E-state index contributed by atoms with van der Waals surface area (Å²) >= 11 is 5.90. The van der Waals surface area contributed by atoms with Crippen LogP contribution < -0.4 is 5.32 Å². The lowest BCUT2D eigenvalue weighted by atomic mass is 10.1. The molecule has 2 aromatic rings. The molecule has 0 bridgehead atoms. The van der Waals surface area contributed by atoms with Crippen LogP contribution in [0.4, 0.5) is 0 Å². The monoisotopic (exact) mass is 295 g/mol. The summed E-state index contributed by atoms with van der Waals surface area (Å²) in [4.78, 5) is 11.8. The molecule has 2 atom stereocenters. The van der Waals surface area contributed by atoms with Crippen LogP contribution in [0.3, 0.4) is 0 Å². The molecule has 1 aromatic heterocycles. The Balaban J connectivity index is 1.93. The van der Waals surface area contributed by atoms with Crippen molar-refractivity contribution >= 4 is 17.5 Å². The maximum atomic E-state index is 11.8. The first-order chi connectivity index (χ1) is 9.59. The number of aliphatic hydroxyl groups is 2. The van der Waals surface area contributed by atoms with Gasteiger partial charge < -0.3 is 19.9 Å². The van der Waals surface area contributed by atoms with Crippen molar-refractivity contribution < 1.29 is 19.4 Å². The van der Waals surface area contributed by atoms with Crippen molar-refractivity contribution in [3.05, 3.63) is 59.0 Å². The number of hydrogen-bond acceptors (Lipinski definition) is 4. The van der Waals surface area contributed by atoms with Crippen molar-refractivity contribution in [2.45, 2.75) is 12.2 Å². The number of nitrogens with one attached hydrogen (secondary N) is 1. The second kappa shape index (κ2) is 6.56. The molecular weight excluding hydrogens is 282 g/mol. The highest BCUT2D eigenvalue weighted by Crippen LogP contribution is 2.22. The summed E-state index contributed by atoms with van der Waals surface area (Å²) in [5, 5.41) is 22.4. The van der Waals surface area contributed by atoms with E-state index in [-0.39, 0.29) is 6.54 Å². The molecule has 0 saturated carbocycles. The van der Waals surface area contributed by atoms with Crippen LogP contribution in [0.1, 0.15) is 23.5 Å². The van der Waals surface area contributed by atoms with E-state index in [2.05, 4.69) is 5.32 Å². The third-order valence-corrected chi connectivity index (χ3v) is 3.13. The van der Waals surface area contributed by atoms with Crippen LogP contribution in [0.5, 0.6) is 0 Å². The Morgan fingerprint density at radius 1 is 1.25 bits per heavy atom. The largest absolute Gasteiger partial charge is 0.467 e. The predicted molar refractivity (Wildman–Crippen MR) is 73.1 cm³/mol. The quantitative estimate of drug-likeness (QED) is 0.786. The van der Waals surface area contributed by atoms with Gasteiger partial charge >= 0.3 is 0 Å². The molecule has 0 fully saturated rings. The van der Waals surface area contributed by atoms with Gasteiger partial charge in [0.1, 0.15) is 11.9 Å². The highest BCUT2D eigenvalue weighted by atomic mass is 35.5. The van der Waals surface area contributed by atoms with E-state index in [1.165, 1.54) is 6.26 Å². The lowest BCUT2D eigenvalue weighted by molar-refractivity contribution is -0.130. The maximum Gasteiger partial charge on any atom is 0.253 e. The SMILES string of the molecule is O=C(NCC(O)c1ccco1)[C@H](O)c1ccccc1Cl. The molecule has 20 heavy (non-hydrogen) atoms. The predicted octanol–water partition coefficient (Wildman–Crippen LogP) is 1.82. The normalized spacial score (nSPS) is 13.8. The minimum atomic E-state index is -1.38. The Bertz CT molecular complexity index is 570. The fraction of sp³-hybridized carbons (Fsp3) is 0.214. The molecular formula is C14H14ClNO4. The van der Waals surface area contributed by atoms with Crippen molar-refractivity contribution in [3.8, 4) is 0 Å². The molecule has 0 aliphatic carbocycles. The molecule has 6 heteroatoms. The van der Waals surface area contributed by atoms with E-state index in [9.17, 15) is 15.0 Å². The Labute approximate surface area is 120 Å². The Morgan fingerprint density at radius 2 is 2.00 bits per heavy atom. The fourth-order valence-electron chi connectivity index (χ4n) is 1.71. The van der Waals surface area contributed by atoms with Crippen molar-refractivity contribution in [3.63, 3.8) is 0 Å². The lowest BCUT2D eigenvalue weighted by Crippen LogP contribution is -2.32.